The van der Waals surface area contributed by atoms with Crippen LogP contribution in [0.25, 0.3) is 0 Å². The molecule has 0 aliphatic carbocycles. The number of hydrazine groups is 1. The molecule has 0 aromatic carbocycles. The first-order valence-electron chi connectivity index (χ1n) is 8.34. The minimum Gasteiger partial charge on any atom is -0.375 e. The zero-order chi connectivity index (χ0) is 14.8. The molecule has 20 heavy (non-hydrogen) atoms. The topological polar surface area (TPSA) is 50.5 Å². The van der Waals surface area contributed by atoms with E-state index in [9.17, 15) is 0 Å². The second-order valence-electron chi connectivity index (χ2n) is 7.21. The van der Waals surface area contributed by atoms with Crippen molar-refractivity contribution in [2.24, 2.45) is 5.73 Å². The van der Waals surface area contributed by atoms with Gasteiger partial charge in [-0.15, -0.1) is 0 Å². The van der Waals surface area contributed by atoms with E-state index in [4.69, 9.17) is 10.5 Å². The molecule has 2 saturated heterocycles. The summed E-state index contributed by atoms with van der Waals surface area (Å²) in [5.41, 5.74) is 9.98. The zero-order valence-corrected chi connectivity index (χ0v) is 13.7. The van der Waals surface area contributed by atoms with Crippen LogP contribution in [-0.4, -0.2) is 41.4 Å². The minimum atomic E-state index is -0.0348. The van der Waals surface area contributed by atoms with Gasteiger partial charge in [0, 0.05) is 30.8 Å². The molecule has 118 valence electrons. The molecule has 0 saturated carbocycles. The maximum atomic E-state index is 6.18. The molecule has 2 aliphatic rings. The van der Waals surface area contributed by atoms with Crippen LogP contribution in [0.3, 0.4) is 0 Å². The van der Waals surface area contributed by atoms with Crippen molar-refractivity contribution < 1.29 is 4.74 Å². The van der Waals surface area contributed by atoms with E-state index in [0.29, 0.717) is 18.6 Å². The molecule has 4 atom stereocenters. The van der Waals surface area contributed by atoms with Crippen LogP contribution in [0, 0.1) is 0 Å². The van der Waals surface area contributed by atoms with Gasteiger partial charge in [-0.2, -0.15) is 0 Å². The molecule has 3 N–H and O–H groups in total. The maximum Gasteiger partial charge on any atom is 0.0670 e. The van der Waals surface area contributed by atoms with Crippen molar-refractivity contribution in [2.75, 3.05) is 13.2 Å². The number of nitrogens with zero attached hydrogens (tertiary/aromatic N) is 1. The fourth-order valence-electron chi connectivity index (χ4n) is 3.81. The van der Waals surface area contributed by atoms with E-state index in [1.807, 2.05) is 0 Å². The van der Waals surface area contributed by atoms with Crippen molar-refractivity contribution in [2.45, 2.75) is 89.4 Å². The van der Waals surface area contributed by atoms with Crippen molar-refractivity contribution in [3.63, 3.8) is 0 Å². The molecule has 0 radical (unpaired) electrons. The summed E-state index contributed by atoms with van der Waals surface area (Å²) in [4.78, 5) is 0. The first-order chi connectivity index (χ1) is 9.44. The van der Waals surface area contributed by atoms with E-state index < -0.39 is 0 Å². The molecular formula is C16H33N3O. The van der Waals surface area contributed by atoms with Crippen LogP contribution < -0.4 is 11.2 Å². The van der Waals surface area contributed by atoms with Gasteiger partial charge in [-0.3, -0.25) is 0 Å². The van der Waals surface area contributed by atoms with Gasteiger partial charge < -0.3 is 10.5 Å². The third-order valence-electron chi connectivity index (χ3n) is 5.44. The summed E-state index contributed by atoms with van der Waals surface area (Å²) >= 11 is 0. The molecule has 4 unspecified atom stereocenters. The lowest BCUT2D eigenvalue weighted by atomic mass is 9.79. The second-order valence-corrected chi connectivity index (χ2v) is 7.21. The largest absolute Gasteiger partial charge is 0.375 e. The quantitative estimate of drug-likeness (QED) is 0.832. The van der Waals surface area contributed by atoms with E-state index in [1.165, 1.54) is 19.3 Å². The van der Waals surface area contributed by atoms with E-state index in [1.54, 1.807) is 0 Å². The Morgan fingerprint density at radius 2 is 1.95 bits per heavy atom. The fourth-order valence-corrected chi connectivity index (χ4v) is 3.81. The number of ether oxygens (including phenoxy) is 1. The highest BCUT2D eigenvalue weighted by atomic mass is 16.5. The second kappa shape index (κ2) is 6.30. The lowest BCUT2D eigenvalue weighted by Gasteiger charge is -2.51. The number of nitrogens with two attached hydrogens (primary N) is 1. The van der Waals surface area contributed by atoms with Gasteiger partial charge in [-0.1, -0.05) is 13.3 Å². The Morgan fingerprint density at radius 3 is 2.50 bits per heavy atom. The van der Waals surface area contributed by atoms with Crippen LogP contribution in [0.5, 0.6) is 0 Å². The van der Waals surface area contributed by atoms with Gasteiger partial charge in [0.15, 0.2) is 0 Å². The predicted molar refractivity (Wildman–Crippen MR) is 83.4 cm³/mol. The number of nitrogens with one attached hydrogen (secondary N) is 1. The summed E-state index contributed by atoms with van der Waals surface area (Å²) in [6, 6.07) is 1.19. The monoisotopic (exact) mass is 283 g/mol. The summed E-state index contributed by atoms with van der Waals surface area (Å²) in [5, 5.41) is 2.47. The molecule has 0 bridgehead atoms. The summed E-state index contributed by atoms with van der Waals surface area (Å²) in [6.45, 7) is 10.6. The third-order valence-corrected chi connectivity index (χ3v) is 5.44. The van der Waals surface area contributed by atoms with Crippen molar-refractivity contribution in [3.05, 3.63) is 0 Å². The van der Waals surface area contributed by atoms with Crippen molar-refractivity contribution in [3.8, 4) is 0 Å². The van der Waals surface area contributed by atoms with Crippen molar-refractivity contribution in [1.82, 2.24) is 10.4 Å². The average Bonchev–Trinajstić information content (AvgIpc) is 2.43. The van der Waals surface area contributed by atoms with Gasteiger partial charge in [-0.25, -0.2) is 10.4 Å². The first-order valence-corrected chi connectivity index (χ1v) is 8.34. The van der Waals surface area contributed by atoms with Crippen molar-refractivity contribution >= 4 is 0 Å². The van der Waals surface area contributed by atoms with E-state index in [0.717, 1.165) is 25.9 Å². The Kier molecular flexibility index (Phi) is 5.11. The molecule has 4 heteroatoms. The smallest absolute Gasteiger partial charge is 0.0670 e. The molecule has 2 fully saturated rings. The van der Waals surface area contributed by atoms with Crippen LogP contribution in [0.4, 0.5) is 0 Å². The Morgan fingerprint density at radius 1 is 1.30 bits per heavy atom. The highest BCUT2D eigenvalue weighted by Gasteiger charge is 2.43. The Bertz CT molecular complexity index is 315. The SMILES string of the molecule is CCC1(C)CC(CN)(NN2C(C)CCCC2C)CCO1. The standard InChI is InChI=1S/C16H33N3O/c1-5-15(4)11-16(12-17,9-10-20-15)18-19-13(2)7-6-8-14(19)3/h13-14,18H,5-12,17H2,1-4H3. The van der Waals surface area contributed by atoms with Gasteiger partial charge in [0.1, 0.15) is 0 Å². The number of hydrogen-bond acceptors (Lipinski definition) is 4. The lowest BCUT2D eigenvalue weighted by Crippen LogP contribution is -2.67. The molecule has 2 heterocycles. The number of piperidine rings is 1. The molecule has 0 spiro atoms. The molecule has 2 rings (SSSR count). The zero-order valence-electron chi connectivity index (χ0n) is 13.7. The lowest BCUT2D eigenvalue weighted by molar-refractivity contribution is -0.123. The summed E-state index contributed by atoms with van der Waals surface area (Å²) in [5.74, 6) is 0. The minimum absolute atomic E-state index is 0.00285. The highest BCUT2D eigenvalue weighted by molar-refractivity contribution is 4.99. The summed E-state index contributed by atoms with van der Waals surface area (Å²) in [6.07, 6.45) is 6.95. The van der Waals surface area contributed by atoms with Crippen LogP contribution in [0.2, 0.25) is 0 Å². The van der Waals surface area contributed by atoms with Gasteiger partial charge in [0.05, 0.1) is 5.60 Å². The highest BCUT2D eigenvalue weighted by Crippen LogP contribution is 2.35. The van der Waals surface area contributed by atoms with E-state index >= 15 is 0 Å². The van der Waals surface area contributed by atoms with Gasteiger partial charge >= 0.3 is 0 Å². The van der Waals surface area contributed by atoms with Gasteiger partial charge in [0.2, 0.25) is 0 Å². The molecule has 0 aromatic rings. The number of hydrogen-bond donors (Lipinski definition) is 2. The molecule has 0 amide bonds. The van der Waals surface area contributed by atoms with Crippen molar-refractivity contribution in [1.29, 1.82) is 0 Å². The van der Waals surface area contributed by atoms with E-state index in [-0.39, 0.29) is 11.1 Å². The van der Waals surface area contributed by atoms with E-state index in [2.05, 4.69) is 38.1 Å². The van der Waals surface area contributed by atoms with Gasteiger partial charge in [0.25, 0.3) is 0 Å². The Labute approximate surface area is 124 Å². The van der Waals surface area contributed by atoms with Crippen LogP contribution >= 0.6 is 0 Å². The summed E-state index contributed by atoms with van der Waals surface area (Å²) in [7, 11) is 0. The maximum absolute atomic E-state index is 6.18. The van der Waals surface area contributed by atoms with Crippen LogP contribution in [0.1, 0.15) is 66.2 Å². The van der Waals surface area contributed by atoms with Crippen LogP contribution in [-0.2, 0) is 4.74 Å². The molecule has 2 aliphatic heterocycles. The Balaban J connectivity index is 2.10. The molecule has 0 aromatic heterocycles. The normalized spacial score (nSPS) is 43.6. The first kappa shape index (κ1) is 16.2. The van der Waals surface area contributed by atoms with Crippen LogP contribution in [0.15, 0.2) is 0 Å². The number of rotatable bonds is 4. The third kappa shape index (κ3) is 3.35. The molecule has 4 nitrogen and oxygen atoms in total. The van der Waals surface area contributed by atoms with Gasteiger partial charge in [-0.05, 0) is 52.9 Å². The predicted octanol–water partition coefficient (Wildman–Crippen LogP) is 2.43. The fraction of sp³-hybridized carbons (Fsp3) is 1.00. The average molecular weight is 283 g/mol. The molecular weight excluding hydrogens is 250 g/mol. The summed E-state index contributed by atoms with van der Waals surface area (Å²) < 4.78 is 6.00. The Hall–Kier alpha value is -0.160.